The van der Waals surface area contributed by atoms with Gasteiger partial charge in [0.15, 0.2) is 0 Å². The maximum Gasteiger partial charge on any atom is 0.307 e. The molecule has 1 heterocycles. The maximum absolute atomic E-state index is 12.2. The Morgan fingerprint density at radius 3 is 2.65 bits per heavy atom. The lowest BCUT2D eigenvalue weighted by atomic mass is 9.95. The zero-order valence-corrected chi connectivity index (χ0v) is 11.9. The number of nitrogens with one attached hydrogen (secondary N) is 1. The summed E-state index contributed by atoms with van der Waals surface area (Å²) in [5, 5.41) is 12.3. The van der Waals surface area contributed by atoms with E-state index in [1.165, 1.54) is 6.20 Å². The lowest BCUT2D eigenvalue weighted by Crippen LogP contribution is -2.30. The van der Waals surface area contributed by atoms with E-state index >= 15 is 0 Å². The number of halogens is 1. The molecule has 0 radical (unpaired) electrons. The van der Waals surface area contributed by atoms with E-state index in [-0.39, 0.29) is 5.91 Å². The zero-order valence-electron chi connectivity index (χ0n) is 11.2. The van der Waals surface area contributed by atoms with Crippen LogP contribution in [0, 0.1) is 17.8 Å². The van der Waals surface area contributed by atoms with Crippen molar-refractivity contribution in [2.24, 2.45) is 17.8 Å². The number of pyridine rings is 1. The van der Waals surface area contributed by atoms with Crippen LogP contribution in [0.15, 0.2) is 18.3 Å². The van der Waals surface area contributed by atoms with Crippen LogP contribution in [-0.4, -0.2) is 22.0 Å². The summed E-state index contributed by atoms with van der Waals surface area (Å²) in [7, 11) is 0. The van der Waals surface area contributed by atoms with Crippen molar-refractivity contribution in [1.82, 2.24) is 4.98 Å². The molecule has 2 rings (SSSR count). The number of amides is 1. The Morgan fingerprint density at radius 1 is 1.40 bits per heavy atom. The molecule has 0 bridgehead atoms. The lowest BCUT2D eigenvalue weighted by Gasteiger charge is -2.15. The van der Waals surface area contributed by atoms with Crippen molar-refractivity contribution in [2.75, 3.05) is 5.32 Å². The van der Waals surface area contributed by atoms with E-state index in [0.717, 1.165) is 6.42 Å². The van der Waals surface area contributed by atoms with Gasteiger partial charge < -0.3 is 10.4 Å². The van der Waals surface area contributed by atoms with Gasteiger partial charge in [-0.15, -0.1) is 0 Å². The molecule has 108 valence electrons. The van der Waals surface area contributed by atoms with Gasteiger partial charge in [0.2, 0.25) is 5.91 Å². The Hall–Kier alpha value is -1.62. The second-order valence-corrected chi connectivity index (χ2v) is 5.54. The second-order valence-electron chi connectivity index (χ2n) is 5.16. The Bertz CT molecular complexity index is 504. The molecular weight excluding hydrogens is 280 g/mol. The van der Waals surface area contributed by atoms with Crippen molar-refractivity contribution in [2.45, 2.75) is 26.2 Å². The van der Waals surface area contributed by atoms with Gasteiger partial charge in [0, 0.05) is 0 Å². The minimum atomic E-state index is -0.893. The molecule has 20 heavy (non-hydrogen) atoms. The van der Waals surface area contributed by atoms with Crippen LogP contribution in [0.5, 0.6) is 0 Å². The highest BCUT2D eigenvalue weighted by atomic mass is 35.5. The van der Waals surface area contributed by atoms with Gasteiger partial charge in [-0.25, -0.2) is 4.98 Å². The summed E-state index contributed by atoms with van der Waals surface area (Å²) in [6.45, 7) is 2.02. The monoisotopic (exact) mass is 296 g/mol. The van der Waals surface area contributed by atoms with Gasteiger partial charge in [0.05, 0.1) is 23.7 Å². The van der Waals surface area contributed by atoms with Gasteiger partial charge in [0.1, 0.15) is 5.15 Å². The SMILES string of the molecule is CCC1C[C@H](C(=O)Nc2ccc(Cl)nc2)[C@H](C(=O)O)C1. The Morgan fingerprint density at radius 2 is 2.10 bits per heavy atom. The van der Waals surface area contributed by atoms with Crippen LogP contribution in [0.2, 0.25) is 5.15 Å². The fraction of sp³-hybridized carbons (Fsp3) is 0.500. The number of carbonyl (C=O) groups is 2. The minimum absolute atomic E-state index is 0.252. The minimum Gasteiger partial charge on any atom is -0.481 e. The molecule has 1 fully saturated rings. The molecule has 1 aromatic rings. The van der Waals surface area contributed by atoms with Crippen LogP contribution in [0.4, 0.5) is 5.69 Å². The number of aromatic nitrogens is 1. The molecule has 0 aromatic carbocycles. The zero-order chi connectivity index (χ0) is 14.7. The first-order valence-corrected chi connectivity index (χ1v) is 7.04. The smallest absolute Gasteiger partial charge is 0.307 e. The molecule has 1 aliphatic rings. The standard InChI is InChI=1S/C14H17ClN2O3/c1-2-8-5-10(11(6-8)14(19)20)13(18)17-9-3-4-12(15)16-7-9/h3-4,7-8,10-11H,2,5-6H2,1H3,(H,17,18)(H,19,20)/t8?,10-,11+/m0/s1. The normalized spacial score (nSPS) is 25.4. The largest absolute Gasteiger partial charge is 0.481 e. The number of carboxylic acids is 1. The van der Waals surface area contributed by atoms with Gasteiger partial charge >= 0.3 is 5.97 Å². The van der Waals surface area contributed by atoms with Gasteiger partial charge in [-0.05, 0) is 30.9 Å². The summed E-state index contributed by atoms with van der Waals surface area (Å²) < 4.78 is 0. The van der Waals surface area contributed by atoms with E-state index in [1.54, 1.807) is 12.1 Å². The van der Waals surface area contributed by atoms with Gasteiger partial charge in [-0.1, -0.05) is 24.9 Å². The predicted octanol–water partition coefficient (Wildman–Crippen LogP) is 2.81. The summed E-state index contributed by atoms with van der Waals surface area (Å²) in [6, 6.07) is 3.23. The van der Waals surface area contributed by atoms with Crippen LogP contribution < -0.4 is 5.32 Å². The van der Waals surface area contributed by atoms with Crippen molar-refractivity contribution in [3.63, 3.8) is 0 Å². The fourth-order valence-electron chi connectivity index (χ4n) is 2.72. The van der Waals surface area contributed by atoms with Crippen molar-refractivity contribution in [1.29, 1.82) is 0 Å². The molecule has 6 heteroatoms. The summed E-state index contributed by atoms with van der Waals surface area (Å²) in [6.07, 6.45) is 3.56. The molecule has 1 saturated carbocycles. The van der Waals surface area contributed by atoms with E-state index in [1.807, 2.05) is 6.92 Å². The van der Waals surface area contributed by atoms with Crippen LogP contribution >= 0.6 is 11.6 Å². The van der Waals surface area contributed by atoms with E-state index in [9.17, 15) is 14.7 Å². The molecule has 1 unspecified atom stereocenters. The Kier molecular flexibility index (Phi) is 4.60. The summed E-state index contributed by atoms with van der Waals surface area (Å²) in [5.74, 6) is -1.92. The van der Waals surface area contributed by atoms with Crippen LogP contribution in [0.1, 0.15) is 26.2 Å². The molecule has 1 amide bonds. The highest BCUT2D eigenvalue weighted by Crippen LogP contribution is 2.39. The quantitative estimate of drug-likeness (QED) is 0.837. The first-order valence-electron chi connectivity index (χ1n) is 6.66. The summed E-state index contributed by atoms with van der Waals surface area (Å²) >= 11 is 5.68. The van der Waals surface area contributed by atoms with E-state index in [0.29, 0.717) is 29.6 Å². The number of carbonyl (C=O) groups excluding carboxylic acids is 1. The maximum atomic E-state index is 12.2. The molecule has 2 N–H and O–H groups in total. The molecule has 1 aliphatic carbocycles. The number of anilines is 1. The van der Waals surface area contributed by atoms with Gasteiger partial charge in [-0.2, -0.15) is 0 Å². The molecule has 5 nitrogen and oxygen atoms in total. The number of hydrogen-bond acceptors (Lipinski definition) is 3. The molecule has 0 spiro atoms. The first kappa shape index (κ1) is 14.8. The van der Waals surface area contributed by atoms with Gasteiger partial charge in [0.25, 0.3) is 0 Å². The number of nitrogens with zero attached hydrogens (tertiary/aromatic N) is 1. The Balaban J connectivity index is 2.07. The molecule has 0 saturated heterocycles. The van der Waals surface area contributed by atoms with Crippen molar-refractivity contribution in [3.05, 3.63) is 23.5 Å². The topological polar surface area (TPSA) is 79.3 Å². The van der Waals surface area contributed by atoms with Crippen LogP contribution in [0.3, 0.4) is 0 Å². The number of hydrogen-bond donors (Lipinski definition) is 2. The average molecular weight is 297 g/mol. The van der Waals surface area contributed by atoms with E-state index in [2.05, 4.69) is 10.3 Å². The third-order valence-electron chi connectivity index (χ3n) is 3.89. The molecule has 0 aliphatic heterocycles. The highest BCUT2D eigenvalue weighted by molar-refractivity contribution is 6.29. The Labute approximate surface area is 122 Å². The molecular formula is C14H17ClN2O3. The third-order valence-corrected chi connectivity index (χ3v) is 4.11. The van der Waals surface area contributed by atoms with Crippen molar-refractivity contribution in [3.8, 4) is 0 Å². The number of carboxylic acid groups (broad SMARTS) is 1. The summed E-state index contributed by atoms with van der Waals surface area (Å²) in [4.78, 5) is 27.4. The highest BCUT2D eigenvalue weighted by Gasteiger charge is 2.42. The molecule has 3 atom stereocenters. The predicted molar refractivity (Wildman–Crippen MR) is 75.5 cm³/mol. The van der Waals surface area contributed by atoms with Gasteiger partial charge in [-0.3, -0.25) is 9.59 Å². The number of rotatable bonds is 4. The second kappa shape index (κ2) is 6.22. The number of aliphatic carboxylic acids is 1. The van der Waals surface area contributed by atoms with Crippen molar-refractivity contribution >= 4 is 29.2 Å². The summed E-state index contributed by atoms with van der Waals surface area (Å²) in [5.41, 5.74) is 0.531. The van der Waals surface area contributed by atoms with Crippen molar-refractivity contribution < 1.29 is 14.7 Å². The molecule has 1 aromatic heterocycles. The van der Waals surface area contributed by atoms with Crippen LogP contribution in [-0.2, 0) is 9.59 Å². The van der Waals surface area contributed by atoms with Crippen LogP contribution in [0.25, 0.3) is 0 Å². The van der Waals surface area contributed by atoms with E-state index in [4.69, 9.17) is 11.6 Å². The fourth-order valence-corrected chi connectivity index (χ4v) is 2.84. The van der Waals surface area contributed by atoms with E-state index < -0.39 is 17.8 Å². The first-order chi connectivity index (χ1) is 9.51. The third kappa shape index (κ3) is 3.28. The lowest BCUT2D eigenvalue weighted by molar-refractivity contribution is -0.145. The average Bonchev–Trinajstić information content (AvgIpc) is 2.86.